The molecule has 0 heterocycles. The molecular weight excluding hydrogens is 426 g/mol. The Morgan fingerprint density at radius 1 is 0.833 bits per heavy atom. The zero-order valence-electron chi connectivity index (χ0n) is 18.4. The Hall–Kier alpha value is -1.04. The van der Waals surface area contributed by atoms with Crippen molar-refractivity contribution in [2.45, 2.75) is 66.2 Å². The second-order valence-corrected chi connectivity index (χ2v) is 10.2. The van der Waals surface area contributed by atoms with E-state index in [9.17, 15) is 14.0 Å². The van der Waals surface area contributed by atoms with Crippen LogP contribution in [0.1, 0.15) is 66.2 Å². The first-order chi connectivity index (χ1) is 13.8. The average molecular weight is 462 g/mol. The molecule has 0 amide bonds. The Labute approximate surface area is 180 Å². The third-order valence-electron chi connectivity index (χ3n) is 3.91. The predicted octanol–water partition coefficient (Wildman–Crippen LogP) is 6.52. The molecule has 3 N–H and O–H groups in total. The first kappa shape index (κ1) is 29.0. The summed E-state index contributed by atoms with van der Waals surface area (Å²) in [6.07, 6.45) is 15.0. The Morgan fingerprint density at radius 2 is 1.37 bits per heavy atom. The molecule has 0 radical (unpaired) electrons. The maximum absolute atomic E-state index is 11.6. The normalized spacial score (nSPS) is 14.8. The van der Waals surface area contributed by atoms with Gasteiger partial charge in [-0.25, -0.2) is 9.13 Å². The van der Waals surface area contributed by atoms with Gasteiger partial charge in [-0.05, 0) is 66.2 Å². The molecule has 0 aliphatic rings. The van der Waals surface area contributed by atoms with Crippen molar-refractivity contribution in [1.29, 1.82) is 0 Å². The van der Waals surface area contributed by atoms with Crippen molar-refractivity contribution in [3.05, 3.63) is 59.3 Å². The van der Waals surface area contributed by atoms with Crippen LogP contribution in [0.3, 0.4) is 0 Å². The van der Waals surface area contributed by atoms with Crippen molar-refractivity contribution in [2.24, 2.45) is 0 Å². The number of hydrogen-bond acceptors (Lipinski definition) is 4. The molecule has 0 rings (SSSR count). The molecule has 0 aromatic heterocycles. The summed E-state index contributed by atoms with van der Waals surface area (Å²) in [7, 11) is -9.95. The first-order valence-electron chi connectivity index (χ1n) is 9.82. The number of phosphoric ester groups is 1. The van der Waals surface area contributed by atoms with E-state index in [1.807, 2.05) is 26.0 Å². The van der Waals surface area contributed by atoms with Gasteiger partial charge in [-0.3, -0.25) is 4.52 Å². The fraction of sp³-hybridized carbons (Fsp3) is 0.524. The van der Waals surface area contributed by atoms with Crippen LogP contribution in [0.25, 0.3) is 0 Å². The van der Waals surface area contributed by atoms with E-state index in [4.69, 9.17) is 9.79 Å². The molecule has 0 spiro atoms. The van der Waals surface area contributed by atoms with Crippen LogP contribution in [0.4, 0.5) is 0 Å². The van der Waals surface area contributed by atoms with E-state index in [0.717, 1.165) is 43.3 Å². The SMILES string of the molecule is C=CC/C(=C\CC/C(=C/COP(=O)(O)OP(=O)(O)O)CC=C(C)C)CCC=C(C)C. The Morgan fingerprint density at radius 3 is 1.87 bits per heavy atom. The summed E-state index contributed by atoms with van der Waals surface area (Å²) in [5.41, 5.74) is 4.74. The van der Waals surface area contributed by atoms with E-state index in [-0.39, 0.29) is 6.61 Å². The minimum Gasteiger partial charge on any atom is -0.302 e. The van der Waals surface area contributed by atoms with Gasteiger partial charge in [-0.1, -0.05) is 52.7 Å². The van der Waals surface area contributed by atoms with Crippen LogP contribution >= 0.6 is 15.6 Å². The number of hydrogen-bond donors (Lipinski definition) is 3. The summed E-state index contributed by atoms with van der Waals surface area (Å²) >= 11 is 0. The zero-order chi connectivity index (χ0) is 23.2. The summed E-state index contributed by atoms with van der Waals surface area (Å²) in [4.78, 5) is 26.7. The van der Waals surface area contributed by atoms with Crippen LogP contribution < -0.4 is 0 Å². The van der Waals surface area contributed by atoms with Gasteiger partial charge in [-0.15, -0.1) is 6.58 Å². The highest BCUT2D eigenvalue weighted by atomic mass is 31.3. The van der Waals surface area contributed by atoms with Gasteiger partial charge in [0, 0.05) is 0 Å². The van der Waals surface area contributed by atoms with Crippen LogP contribution in [0, 0.1) is 0 Å². The molecule has 30 heavy (non-hydrogen) atoms. The number of phosphoric acid groups is 2. The van der Waals surface area contributed by atoms with Gasteiger partial charge in [0.25, 0.3) is 0 Å². The fourth-order valence-electron chi connectivity index (χ4n) is 2.51. The Bertz CT molecular complexity index is 749. The maximum Gasteiger partial charge on any atom is 0.481 e. The second-order valence-electron chi connectivity index (χ2n) is 7.40. The quantitative estimate of drug-likeness (QED) is 0.187. The molecule has 0 bridgehead atoms. The molecule has 0 aliphatic carbocycles. The zero-order valence-corrected chi connectivity index (χ0v) is 20.2. The summed E-state index contributed by atoms with van der Waals surface area (Å²) in [5.74, 6) is 0. The smallest absolute Gasteiger partial charge is 0.302 e. The van der Waals surface area contributed by atoms with Gasteiger partial charge in [0.2, 0.25) is 0 Å². The van der Waals surface area contributed by atoms with E-state index < -0.39 is 15.6 Å². The Kier molecular flexibility index (Phi) is 14.4. The van der Waals surface area contributed by atoms with Crippen molar-refractivity contribution >= 4 is 15.6 Å². The molecule has 1 atom stereocenters. The molecule has 0 saturated carbocycles. The highest BCUT2D eigenvalue weighted by Crippen LogP contribution is 2.57. The summed E-state index contributed by atoms with van der Waals surface area (Å²) in [5, 5.41) is 0. The summed E-state index contributed by atoms with van der Waals surface area (Å²) in [6.45, 7) is 11.6. The lowest BCUT2D eigenvalue weighted by Crippen LogP contribution is -1.95. The lowest BCUT2D eigenvalue weighted by molar-refractivity contribution is 0.191. The van der Waals surface area contributed by atoms with Crippen molar-refractivity contribution < 1.29 is 32.6 Å². The van der Waals surface area contributed by atoms with Crippen molar-refractivity contribution in [1.82, 2.24) is 0 Å². The molecule has 172 valence electrons. The van der Waals surface area contributed by atoms with E-state index in [2.05, 4.69) is 41.4 Å². The van der Waals surface area contributed by atoms with Gasteiger partial charge in [0.15, 0.2) is 0 Å². The second kappa shape index (κ2) is 14.9. The van der Waals surface area contributed by atoms with Crippen LogP contribution in [-0.2, 0) is 18.0 Å². The van der Waals surface area contributed by atoms with Crippen molar-refractivity contribution in [2.75, 3.05) is 6.61 Å². The molecule has 0 saturated heterocycles. The van der Waals surface area contributed by atoms with Gasteiger partial charge < -0.3 is 14.7 Å². The predicted molar refractivity (Wildman–Crippen MR) is 122 cm³/mol. The molecule has 0 aliphatic heterocycles. The van der Waals surface area contributed by atoms with Crippen molar-refractivity contribution in [3.63, 3.8) is 0 Å². The fourth-order valence-corrected chi connectivity index (χ4v) is 4.04. The van der Waals surface area contributed by atoms with Crippen LogP contribution in [0.5, 0.6) is 0 Å². The number of rotatable bonds is 15. The monoisotopic (exact) mass is 462 g/mol. The molecule has 9 heteroatoms. The van der Waals surface area contributed by atoms with Gasteiger partial charge in [0.05, 0.1) is 6.61 Å². The Balaban J connectivity index is 5.02. The standard InChI is InChI=1S/C21H36O7P2/c1-6-9-20(11-7-10-18(2)3)12-8-13-21(15-14-19(4)5)16-17-27-30(25,26)28-29(22,23)24/h6,10,12,14,16H,1,7-9,11,13,15,17H2,2-5H3,(H,25,26)(H2,22,23,24)/b20-12+,21-16-. The van der Waals surface area contributed by atoms with Crippen LogP contribution in [0.15, 0.2) is 59.3 Å². The van der Waals surface area contributed by atoms with E-state index in [0.29, 0.717) is 6.42 Å². The molecular formula is C21H36O7P2. The van der Waals surface area contributed by atoms with E-state index >= 15 is 0 Å². The van der Waals surface area contributed by atoms with Crippen molar-refractivity contribution in [3.8, 4) is 0 Å². The third-order valence-corrected chi connectivity index (χ3v) is 6.07. The van der Waals surface area contributed by atoms with E-state index in [1.54, 1.807) is 6.08 Å². The average Bonchev–Trinajstić information content (AvgIpc) is 2.56. The molecule has 0 aromatic rings. The van der Waals surface area contributed by atoms with Gasteiger partial charge in [-0.2, -0.15) is 4.31 Å². The first-order valence-corrected chi connectivity index (χ1v) is 12.8. The summed E-state index contributed by atoms with van der Waals surface area (Å²) in [6, 6.07) is 0. The van der Waals surface area contributed by atoms with Crippen LogP contribution in [-0.4, -0.2) is 21.3 Å². The lowest BCUT2D eigenvalue weighted by Gasteiger charge is -2.12. The maximum atomic E-state index is 11.6. The third kappa shape index (κ3) is 17.8. The number of allylic oxidation sites excluding steroid dienone is 8. The molecule has 0 fully saturated rings. The largest absolute Gasteiger partial charge is 0.481 e. The molecule has 0 aromatic carbocycles. The minimum absolute atomic E-state index is 0.288. The highest BCUT2D eigenvalue weighted by Gasteiger charge is 2.31. The van der Waals surface area contributed by atoms with Gasteiger partial charge in [0.1, 0.15) is 0 Å². The lowest BCUT2D eigenvalue weighted by atomic mass is 10.0. The van der Waals surface area contributed by atoms with Crippen LogP contribution in [0.2, 0.25) is 0 Å². The van der Waals surface area contributed by atoms with E-state index in [1.165, 1.54) is 11.1 Å². The topological polar surface area (TPSA) is 113 Å². The summed E-state index contributed by atoms with van der Waals surface area (Å²) < 4.78 is 30.7. The highest BCUT2D eigenvalue weighted by molar-refractivity contribution is 7.60. The molecule has 1 unspecified atom stereocenters. The van der Waals surface area contributed by atoms with Gasteiger partial charge >= 0.3 is 15.6 Å². The molecule has 7 nitrogen and oxygen atoms in total. The minimum atomic E-state index is -5.12.